The van der Waals surface area contributed by atoms with Crippen LogP contribution in [0.5, 0.6) is 17.2 Å². The van der Waals surface area contributed by atoms with Crippen LogP contribution in [-0.2, 0) is 25.0 Å². The van der Waals surface area contributed by atoms with Gasteiger partial charge in [-0.3, -0.25) is 0 Å². The van der Waals surface area contributed by atoms with Gasteiger partial charge in [-0.15, -0.1) is 0 Å². The van der Waals surface area contributed by atoms with Crippen molar-refractivity contribution in [3.05, 3.63) is 113 Å². The van der Waals surface area contributed by atoms with Gasteiger partial charge < -0.3 is 28.4 Å². The van der Waals surface area contributed by atoms with Crippen molar-refractivity contribution < 1.29 is 28.4 Å². The van der Waals surface area contributed by atoms with Crippen LogP contribution in [0.25, 0.3) is 0 Å². The van der Waals surface area contributed by atoms with E-state index in [9.17, 15) is 0 Å². The molecule has 6 nitrogen and oxygen atoms in total. The van der Waals surface area contributed by atoms with Crippen molar-refractivity contribution >= 4 is 0 Å². The van der Waals surface area contributed by atoms with Gasteiger partial charge in [-0.25, -0.2) is 0 Å². The summed E-state index contributed by atoms with van der Waals surface area (Å²) in [6, 6.07) is 25.7. The Bertz CT molecular complexity index is 1420. The molecule has 5 atom stereocenters. The van der Waals surface area contributed by atoms with Gasteiger partial charge in [0.15, 0.2) is 0 Å². The van der Waals surface area contributed by atoms with Crippen LogP contribution in [0.4, 0.5) is 0 Å². The number of benzene rings is 3. The number of allylic oxidation sites excluding steroid dienone is 4. The molecule has 0 spiro atoms. The Morgan fingerprint density at radius 3 is 1.32 bits per heavy atom. The molecular weight excluding hydrogens is 552 g/mol. The number of rotatable bonds is 14. The molecule has 44 heavy (non-hydrogen) atoms. The molecule has 0 radical (unpaired) electrons. The lowest BCUT2D eigenvalue weighted by atomic mass is 9.63. The minimum absolute atomic E-state index is 0.134. The van der Waals surface area contributed by atoms with Crippen molar-refractivity contribution in [2.45, 2.75) is 56.3 Å². The Morgan fingerprint density at radius 2 is 0.977 bits per heavy atom. The maximum absolute atomic E-state index is 5.95. The fourth-order valence-electron chi connectivity index (χ4n) is 6.10. The maximum atomic E-state index is 5.95. The third kappa shape index (κ3) is 6.58. The predicted molar refractivity (Wildman–Crippen MR) is 170 cm³/mol. The molecule has 0 bridgehead atoms. The summed E-state index contributed by atoms with van der Waals surface area (Å²) in [5.74, 6) is 2.90. The van der Waals surface area contributed by atoms with Gasteiger partial charge in [0.2, 0.25) is 0 Å². The normalized spacial score (nSPS) is 25.0. The molecule has 3 aliphatic heterocycles. The Morgan fingerprint density at radius 1 is 0.591 bits per heavy atom. The molecule has 0 saturated carbocycles. The Labute approximate surface area is 260 Å². The first kappa shape index (κ1) is 29.1. The van der Waals surface area contributed by atoms with E-state index in [2.05, 4.69) is 112 Å². The third-order valence-electron chi connectivity index (χ3n) is 9.56. The smallest absolute Gasteiger partial charge is 0.119 e. The fourth-order valence-corrected chi connectivity index (χ4v) is 6.10. The van der Waals surface area contributed by atoms with Gasteiger partial charge in [-0.2, -0.15) is 0 Å². The second-order valence-corrected chi connectivity index (χ2v) is 13.1. The highest BCUT2D eigenvalue weighted by Gasteiger charge is 2.38. The van der Waals surface area contributed by atoms with Crippen molar-refractivity contribution in [2.24, 2.45) is 5.92 Å². The van der Waals surface area contributed by atoms with E-state index in [-0.39, 0.29) is 35.1 Å². The lowest BCUT2D eigenvalue weighted by Gasteiger charge is -2.40. The summed E-state index contributed by atoms with van der Waals surface area (Å²) >= 11 is 0. The molecule has 0 N–H and O–H groups in total. The summed E-state index contributed by atoms with van der Waals surface area (Å²) in [5.41, 5.74) is 4.71. The zero-order valence-electron chi connectivity index (χ0n) is 25.9. The summed E-state index contributed by atoms with van der Waals surface area (Å²) in [6.45, 7) is 11.2. The van der Waals surface area contributed by atoms with E-state index in [0.29, 0.717) is 19.8 Å². The average Bonchev–Trinajstić information content (AvgIpc) is 3.91. The standard InChI is InChI=1S/C38H42O6/c1-37(2,27-8-14-31(15-9-27)39-20-34-23-42-34)26-4-6-28(7-5-26)38(3,29-10-16-32(17-11-29)40-21-35-24-43-35)30-12-18-33(19-13-30)41-22-36-25-44-36/h4-6,8-19,28,34-36H,7,20-25H2,1-3H3/t28?,34?,35-,36?,38?/m0/s1. The van der Waals surface area contributed by atoms with Crippen LogP contribution in [-0.4, -0.2) is 58.0 Å². The molecular formula is C38H42O6. The SMILES string of the molecule is CC(C)(C1=CCC(C(C)(c2ccc(OCC3CO3)cc2)c2ccc(OC[C@H]3CO3)cc2)C=C1)c1ccc(OCC2CO2)cc1. The molecule has 3 fully saturated rings. The van der Waals surface area contributed by atoms with Crippen LogP contribution in [0.15, 0.2) is 96.6 Å². The van der Waals surface area contributed by atoms with Crippen LogP contribution >= 0.6 is 0 Å². The minimum atomic E-state index is -0.261. The van der Waals surface area contributed by atoms with E-state index in [0.717, 1.165) is 43.5 Å². The zero-order chi connectivity index (χ0) is 30.1. The van der Waals surface area contributed by atoms with Gasteiger partial charge in [0.05, 0.1) is 19.8 Å². The fraction of sp³-hybridized carbons (Fsp3) is 0.421. The van der Waals surface area contributed by atoms with Crippen LogP contribution in [0.1, 0.15) is 43.9 Å². The van der Waals surface area contributed by atoms with Crippen molar-refractivity contribution in [1.29, 1.82) is 0 Å². The molecule has 1 aliphatic carbocycles. The van der Waals surface area contributed by atoms with Crippen LogP contribution < -0.4 is 14.2 Å². The molecule has 7 rings (SSSR count). The van der Waals surface area contributed by atoms with E-state index in [4.69, 9.17) is 28.4 Å². The van der Waals surface area contributed by atoms with Gasteiger partial charge >= 0.3 is 0 Å². The molecule has 3 heterocycles. The summed E-state index contributed by atoms with van der Waals surface area (Å²) in [7, 11) is 0. The molecule has 0 aromatic heterocycles. The van der Waals surface area contributed by atoms with Crippen LogP contribution in [0.3, 0.4) is 0 Å². The first-order chi connectivity index (χ1) is 21.4. The van der Waals surface area contributed by atoms with Gasteiger partial charge in [-0.1, -0.05) is 75.4 Å². The van der Waals surface area contributed by atoms with Crippen molar-refractivity contribution in [3.63, 3.8) is 0 Å². The highest BCUT2D eigenvalue weighted by molar-refractivity contribution is 5.48. The first-order valence-corrected chi connectivity index (χ1v) is 15.8. The molecule has 6 heteroatoms. The minimum Gasteiger partial charge on any atom is -0.491 e. The Hall–Kier alpha value is -3.58. The topological polar surface area (TPSA) is 65.3 Å². The molecule has 0 amide bonds. The third-order valence-corrected chi connectivity index (χ3v) is 9.56. The molecule has 230 valence electrons. The van der Waals surface area contributed by atoms with E-state index in [1.165, 1.54) is 22.3 Å². The molecule has 3 saturated heterocycles. The lowest BCUT2D eigenvalue weighted by molar-refractivity contribution is 0.262. The van der Waals surface area contributed by atoms with Crippen LogP contribution in [0.2, 0.25) is 0 Å². The monoisotopic (exact) mass is 594 g/mol. The largest absolute Gasteiger partial charge is 0.491 e. The van der Waals surface area contributed by atoms with Crippen molar-refractivity contribution in [3.8, 4) is 17.2 Å². The first-order valence-electron chi connectivity index (χ1n) is 15.8. The molecule has 3 aromatic carbocycles. The van der Waals surface area contributed by atoms with E-state index in [1.54, 1.807) is 0 Å². The maximum Gasteiger partial charge on any atom is 0.119 e. The van der Waals surface area contributed by atoms with E-state index in [1.807, 2.05) is 0 Å². The van der Waals surface area contributed by atoms with Gasteiger partial charge in [0, 0.05) is 10.8 Å². The van der Waals surface area contributed by atoms with E-state index >= 15 is 0 Å². The molecule has 4 aliphatic rings. The number of hydrogen-bond donors (Lipinski definition) is 0. The van der Waals surface area contributed by atoms with Gasteiger partial charge in [-0.05, 0) is 71.0 Å². The summed E-state index contributed by atoms with van der Waals surface area (Å²) in [4.78, 5) is 0. The second-order valence-electron chi connectivity index (χ2n) is 13.1. The predicted octanol–water partition coefficient (Wildman–Crippen LogP) is 6.81. The van der Waals surface area contributed by atoms with Crippen LogP contribution in [0, 0.1) is 5.92 Å². The quantitative estimate of drug-likeness (QED) is 0.191. The average molecular weight is 595 g/mol. The molecule has 3 aromatic rings. The van der Waals surface area contributed by atoms with Crippen molar-refractivity contribution in [2.75, 3.05) is 39.6 Å². The zero-order valence-corrected chi connectivity index (χ0v) is 25.9. The number of epoxide rings is 3. The summed E-state index contributed by atoms with van der Waals surface area (Å²) in [6.07, 6.45) is 8.83. The second kappa shape index (κ2) is 12.1. The van der Waals surface area contributed by atoms with Crippen molar-refractivity contribution in [1.82, 2.24) is 0 Å². The Balaban J connectivity index is 1.10. The lowest BCUT2D eigenvalue weighted by Crippen LogP contribution is -2.34. The van der Waals surface area contributed by atoms with Gasteiger partial charge in [0.1, 0.15) is 55.4 Å². The number of hydrogen-bond acceptors (Lipinski definition) is 6. The molecule has 4 unspecified atom stereocenters. The highest BCUT2D eigenvalue weighted by atomic mass is 16.6. The van der Waals surface area contributed by atoms with E-state index < -0.39 is 0 Å². The Kier molecular flexibility index (Phi) is 8.00. The summed E-state index contributed by atoms with van der Waals surface area (Å²) in [5, 5.41) is 0. The highest BCUT2D eigenvalue weighted by Crippen LogP contribution is 2.46. The number of ether oxygens (including phenoxy) is 6. The van der Waals surface area contributed by atoms with Gasteiger partial charge in [0.25, 0.3) is 0 Å². The summed E-state index contributed by atoms with van der Waals surface area (Å²) < 4.78 is 33.7.